The van der Waals surface area contributed by atoms with Gasteiger partial charge in [-0.1, -0.05) is 0 Å². The van der Waals surface area contributed by atoms with Gasteiger partial charge >= 0.3 is 0 Å². The second-order valence-electron chi connectivity index (χ2n) is 2.71. The Hall–Kier alpha value is -0.750. The van der Waals surface area contributed by atoms with Gasteiger partial charge in [0.25, 0.3) is 6.43 Å². The summed E-state index contributed by atoms with van der Waals surface area (Å²) in [5.41, 5.74) is 0. The summed E-state index contributed by atoms with van der Waals surface area (Å²) in [5.74, 6) is -0.0133. The molecule has 0 atom stereocenters. The molecule has 1 N–H and O–H groups in total. The van der Waals surface area contributed by atoms with Crippen molar-refractivity contribution >= 4 is 5.91 Å². The van der Waals surface area contributed by atoms with Crippen LogP contribution in [-0.2, 0) is 9.53 Å². The summed E-state index contributed by atoms with van der Waals surface area (Å²) < 4.78 is 27.8. The number of carbonyl (C=O) groups excluding carboxylic acids is 1. The normalized spacial score (nSPS) is 17.5. The summed E-state index contributed by atoms with van der Waals surface area (Å²) in [7, 11) is 0. The molecule has 0 aromatic rings. The number of halogens is 2. The Bertz CT molecular complexity index is 178. The van der Waals surface area contributed by atoms with Crippen LogP contribution in [0.25, 0.3) is 0 Å². The van der Waals surface area contributed by atoms with Crippen LogP contribution >= 0.6 is 0 Å². The smallest absolute Gasteiger partial charge is 0.261 e. The molecule has 0 spiro atoms. The summed E-state index contributed by atoms with van der Waals surface area (Å²) >= 11 is 0. The van der Waals surface area contributed by atoms with Crippen molar-refractivity contribution in [1.29, 1.82) is 0 Å². The number of carbonyl (C=O) groups is 1. The van der Waals surface area contributed by atoms with E-state index in [1.54, 1.807) is 0 Å². The molecule has 1 heterocycles. The van der Waals surface area contributed by atoms with Gasteiger partial charge in [0, 0.05) is 6.54 Å². The minimum atomic E-state index is -2.44. The van der Waals surface area contributed by atoms with Crippen LogP contribution in [0.15, 0.2) is 0 Å². The van der Waals surface area contributed by atoms with E-state index in [0.29, 0.717) is 19.8 Å². The number of hydrogen-bond donors (Lipinski definition) is 1. The fourth-order valence-electron chi connectivity index (χ4n) is 1.05. The lowest BCUT2D eigenvalue weighted by atomic mass is 10.5. The lowest BCUT2D eigenvalue weighted by Crippen LogP contribution is -2.30. The van der Waals surface area contributed by atoms with Gasteiger partial charge in [0.05, 0.1) is 19.8 Å². The molecular formula is C7H12F2N2O2. The lowest BCUT2D eigenvalue weighted by Gasteiger charge is -2.13. The Morgan fingerprint density at radius 1 is 1.62 bits per heavy atom. The van der Waals surface area contributed by atoms with E-state index < -0.39 is 13.0 Å². The zero-order chi connectivity index (χ0) is 9.68. The molecule has 13 heavy (non-hydrogen) atoms. The van der Waals surface area contributed by atoms with Gasteiger partial charge in [0.1, 0.15) is 6.61 Å². The van der Waals surface area contributed by atoms with Crippen molar-refractivity contribution in [2.75, 3.05) is 33.0 Å². The SMILES string of the molecule is O=C1CNCN1CCOCC(F)F. The Balaban J connectivity index is 2.02. The van der Waals surface area contributed by atoms with Crippen LogP contribution < -0.4 is 5.32 Å². The molecule has 0 bridgehead atoms. The Kier molecular flexibility index (Phi) is 4.04. The molecular weight excluding hydrogens is 182 g/mol. The van der Waals surface area contributed by atoms with E-state index in [1.165, 1.54) is 4.90 Å². The van der Waals surface area contributed by atoms with Gasteiger partial charge in [-0.05, 0) is 0 Å². The third-order valence-corrected chi connectivity index (χ3v) is 1.68. The zero-order valence-electron chi connectivity index (χ0n) is 7.13. The van der Waals surface area contributed by atoms with E-state index in [4.69, 9.17) is 0 Å². The molecule has 0 unspecified atom stereocenters. The van der Waals surface area contributed by atoms with Crippen molar-refractivity contribution in [3.63, 3.8) is 0 Å². The molecule has 0 aliphatic carbocycles. The van der Waals surface area contributed by atoms with Crippen molar-refractivity contribution in [3.05, 3.63) is 0 Å². The van der Waals surface area contributed by atoms with Crippen molar-refractivity contribution in [2.24, 2.45) is 0 Å². The largest absolute Gasteiger partial charge is 0.374 e. The first-order valence-electron chi connectivity index (χ1n) is 4.04. The maximum absolute atomic E-state index is 11.6. The van der Waals surface area contributed by atoms with Gasteiger partial charge in [-0.25, -0.2) is 8.78 Å². The second-order valence-corrected chi connectivity index (χ2v) is 2.71. The van der Waals surface area contributed by atoms with Gasteiger partial charge < -0.3 is 9.64 Å². The molecule has 1 saturated heterocycles. The fraction of sp³-hybridized carbons (Fsp3) is 0.857. The van der Waals surface area contributed by atoms with Crippen LogP contribution in [0.5, 0.6) is 0 Å². The average molecular weight is 194 g/mol. The molecule has 1 amide bonds. The van der Waals surface area contributed by atoms with Crippen LogP contribution in [0.4, 0.5) is 8.78 Å². The fourth-order valence-corrected chi connectivity index (χ4v) is 1.05. The standard InChI is InChI=1S/C7H12F2N2O2/c8-6(9)4-13-2-1-11-5-10-3-7(11)12/h6,10H,1-5H2. The van der Waals surface area contributed by atoms with Gasteiger partial charge in [0.15, 0.2) is 0 Å². The van der Waals surface area contributed by atoms with E-state index in [9.17, 15) is 13.6 Å². The second kappa shape index (κ2) is 5.08. The summed E-state index contributed by atoms with van der Waals surface area (Å²) in [5, 5.41) is 2.84. The van der Waals surface area contributed by atoms with E-state index in [0.717, 1.165) is 0 Å². The molecule has 0 saturated carbocycles. The predicted octanol–water partition coefficient (Wildman–Crippen LogP) is -0.343. The summed E-state index contributed by atoms with van der Waals surface area (Å²) in [4.78, 5) is 12.5. The predicted molar refractivity (Wildman–Crippen MR) is 41.4 cm³/mol. The number of rotatable bonds is 5. The summed E-state index contributed by atoms with van der Waals surface area (Å²) in [6.45, 7) is 0.789. The number of nitrogens with zero attached hydrogens (tertiary/aromatic N) is 1. The van der Waals surface area contributed by atoms with Crippen LogP contribution in [-0.4, -0.2) is 50.2 Å². The Morgan fingerprint density at radius 2 is 2.38 bits per heavy atom. The van der Waals surface area contributed by atoms with Crippen molar-refractivity contribution in [3.8, 4) is 0 Å². The molecule has 1 aliphatic rings. The first-order chi connectivity index (χ1) is 6.20. The van der Waals surface area contributed by atoms with E-state index in [1.807, 2.05) is 0 Å². The highest BCUT2D eigenvalue weighted by molar-refractivity contribution is 5.79. The number of alkyl halides is 2. The molecule has 0 aromatic carbocycles. The molecule has 0 aromatic heterocycles. The van der Waals surface area contributed by atoms with Crippen LogP contribution in [0, 0.1) is 0 Å². The molecule has 4 nitrogen and oxygen atoms in total. The highest BCUT2D eigenvalue weighted by atomic mass is 19.3. The third kappa shape index (κ3) is 3.65. The minimum Gasteiger partial charge on any atom is -0.374 e. The molecule has 1 fully saturated rings. The van der Waals surface area contributed by atoms with Gasteiger partial charge in [-0.3, -0.25) is 10.1 Å². The molecule has 6 heteroatoms. The van der Waals surface area contributed by atoms with Gasteiger partial charge in [0.2, 0.25) is 5.91 Å². The molecule has 76 valence electrons. The quantitative estimate of drug-likeness (QED) is 0.609. The highest BCUT2D eigenvalue weighted by Gasteiger charge is 2.18. The number of nitrogens with one attached hydrogen (secondary N) is 1. The van der Waals surface area contributed by atoms with E-state index in [2.05, 4.69) is 10.1 Å². The number of amides is 1. The first-order valence-corrected chi connectivity index (χ1v) is 4.04. The topological polar surface area (TPSA) is 41.6 Å². The maximum atomic E-state index is 11.6. The van der Waals surface area contributed by atoms with Crippen LogP contribution in [0.2, 0.25) is 0 Å². The first kappa shape index (κ1) is 10.3. The summed E-state index contributed by atoms with van der Waals surface area (Å²) in [6.07, 6.45) is -2.44. The van der Waals surface area contributed by atoms with Crippen LogP contribution in [0.3, 0.4) is 0 Å². The molecule has 0 radical (unpaired) electrons. The maximum Gasteiger partial charge on any atom is 0.261 e. The lowest BCUT2D eigenvalue weighted by molar-refractivity contribution is -0.127. The van der Waals surface area contributed by atoms with E-state index >= 15 is 0 Å². The minimum absolute atomic E-state index is 0.0133. The van der Waals surface area contributed by atoms with Crippen molar-refractivity contribution < 1.29 is 18.3 Å². The number of ether oxygens (including phenoxy) is 1. The average Bonchev–Trinajstić information content (AvgIpc) is 2.45. The highest BCUT2D eigenvalue weighted by Crippen LogP contribution is 1.96. The Morgan fingerprint density at radius 3 is 2.92 bits per heavy atom. The van der Waals surface area contributed by atoms with Crippen LogP contribution in [0.1, 0.15) is 0 Å². The Labute approximate surface area is 74.8 Å². The van der Waals surface area contributed by atoms with Crippen molar-refractivity contribution in [2.45, 2.75) is 6.43 Å². The number of hydrogen-bond acceptors (Lipinski definition) is 3. The zero-order valence-corrected chi connectivity index (χ0v) is 7.13. The molecule has 1 rings (SSSR count). The van der Waals surface area contributed by atoms with Gasteiger partial charge in [-0.2, -0.15) is 0 Å². The monoisotopic (exact) mass is 194 g/mol. The summed E-state index contributed by atoms with van der Waals surface area (Å²) in [6, 6.07) is 0. The third-order valence-electron chi connectivity index (χ3n) is 1.68. The van der Waals surface area contributed by atoms with E-state index in [-0.39, 0.29) is 12.5 Å². The molecule has 1 aliphatic heterocycles. The van der Waals surface area contributed by atoms with Gasteiger partial charge in [-0.15, -0.1) is 0 Å². The van der Waals surface area contributed by atoms with Crippen molar-refractivity contribution in [1.82, 2.24) is 10.2 Å².